The molecule has 0 bridgehead atoms. The number of rotatable bonds is 4. The zero-order chi connectivity index (χ0) is 17.4. The third-order valence-corrected chi connectivity index (χ3v) is 5.38. The minimum atomic E-state index is -0.0967. The van der Waals surface area contributed by atoms with Gasteiger partial charge in [0.15, 0.2) is 5.78 Å². The number of hydrogen-bond donors (Lipinski definition) is 2. The molecule has 2 aromatic heterocycles. The van der Waals surface area contributed by atoms with Crippen molar-refractivity contribution in [2.24, 2.45) is 0 Å². The molecular formula is C16H14Cl2N4OS. The van der Waals surface area contributed by atoms with Crippen LogP contribution in [0.3, 0.4) is 0 Å². The number of nitrogens with zero attached hydrogens (tertiary/aromatic N) is 2. The van der Waals surface area contributed by atoms with Crippen molar-refractivity contribution in [3.8, 4) is 11.3 Å². The maximum Gasteiger partial charge on any atom is 0.224 e. The van der Waals surface area contributed by atoms with Crippen LogP contribution in [0.5, 0.6) is 0 Å². The first-order chi connectivity index (χ1) is 11.4. The van der Waals surface area contributed by atoms with Crippen LogP contribution < -0.4 is 11.1 Å². The van der Waals surface area contributed by atoms with E-state index in [9.17, 15) is 4.79 Å². The van der Waals surface area contributed by atoms with Crippen LogP contribution in [-0.2, 0) is 0 Å². The van der Waals surface area contributed by atoms with Crippen molar-refractivity contribution in [3.63, 3.8) is 0 Å². The van der Waals surface area contributed by atoms with E-state index in [2.05, 4.69) is 15.3 Å². The van der Waals surface area contributed by atoms with Gasteiger partial charge in [-0.05, 0) is 19.1 Å². The summed E-state index contributed by atoms with van der Waals surface area (Å²) in [4.78, 5) is 22.0. The molecule has 0 aliphatic rings. The molecule has 1 aromatic carbocycles. The lowest BCUT2D eigenvalue weighted by atomic mass is 10.1. The summed E-state index contributed by atoms with van der Waals surface area (Å²) >= 11 is 13.4. The number of hydrogen-bond acceptors (Lipinski definition) is 6. The van der Waals surface area contributed by atoms with E-state index in [4.69, 9.17) is 28.9 Å². The van der Waals surface area contributed by atoms with Crippen molar-refractivity contribution in [3.05, 3.63) is 33.1 Å². The average molecular weight is 381 g/mol. The van der Waals surface area contributed by atoms with E-state index in [0.29, 0.717) is 49.0 Å². The number of nitrogen functional groups attached to an aromatic ring is 1. The van der Waals surface area contributed by atoms with E-state index in [1.807, 2.05) is 13.0 Å². The number of aromatic nitrogens is 2. The molecule has 0 fully saturated rings. The second kappa shape index (κ2) is 6.55. The Hall–Kier alpha value is -1.89. The minimum Gasteiger partial charge on any atom is -0.397 e. The molecule has 0 saturated carbocycles. The van der Waals surface area contributed by atoms with Crippen LogP contribution in [-0.4, -0.2) is 22.3 Å². The maximum atomic E-state index is 11.8. The van der Waals surface area contributed by atoms with Gasteiger partial charge >= 0.3 is 0 Å². The molecule has 0 spiro atoms. The number of thiophene rings is 1. The largest absolute Gasteiger partial charge is 0.397 e. The van der Waals surface area contributed by atoms with Crippen molar-refractivity contribution in [1.82, 2.24) is 9.97 Å². The number of carbonyl (C=O) groups is 1. The van der Waals surface area contributed by atoms with Gasteiger partial charge in [0.1, 0.15) is 4.83 Å². The van der Waals surface area contributed by atoms with Gasteiger partial charge in [0.05, 0.1) is 31.7 Å². The van der Waals surface area contributed by atoms with E-state index in [0.717, 1.165) is 5.56 Å². The van der Waals surface area contributed by atoms with Gasteiger partial charge in [0, 0.05) is 19.0 Å². The monoisotopic (exact) mass is 380 g/mol. The van der Waals surface area contributed by atoms with Crippen LogP contribution in [0.1, 0.15) is 23.5 Å². The van der Waals surface area contributed by atoms with Crippen molar-refractivity contribution >= 4 is 62.2 Å². The molecule has 24 heavy (non-hydrogen) atoms. The summed E-state index contributed by atoms with van der Waals surface area (Å²) in [5.41, 5.74) is 7.98. The van der Waals surface area contributed by atoms with Crippen LogP contribution in [0.4, 0.5) is 11.6 Å². The van der Waals surface area contributed by atoms with Crippen molar-refractivity contribution in [2.75, 3.05) is 17.6 Å². The minimum absolute atomic E-state index is 0.0967. The third-order valence-electron chi connectivity index (χ3n) is 3.44. The smallest absolute Gasteiger partial charge is 0.224 e. The predicted molar refractivity (Wildman–Crippen MR) is 101 cm³/mol. The molecule has 0 aliphatic heterocycles. The maximum absolute atomic E-state index is 11.8. The van der Waals surface area contributed by atoms with Crippen LogP contribution in [0, 0.1) is 0 Å². The fourth-order valence-electron chi connectivity index (χ4n) is 2.37. The standard InChI is InChI=1S/C16H14Cl2N4OS/c1-3-20-16-21-13(8-4-5-9(17)10(18)6-8)11-12(19)14(7(2)23)24-15(11)22-16/h4-6H,3,19H2,1-2H3,(H,20,21,22). The number of benzene rings is 1. The van der Waals surface area contributed by atoms with Crippen molar-refractivity contribution in [2.45, 2.75) is 13.8 Å². The molecule has 0 saturated heterocycles. The Bertz CT molecular complexity index is 955. The zero-order valence-electron chi connectivity index (χ0n) is 13.0. The van der Waals surface area contributed by atoms with E-state index in [1.54, 1.807) is 12.1 Å². The van der Waals surface area contributed by atoms with Gasteiger partial charge in [0.2, 0.25) is 5.95 Å². The van der Waals surface area contributed by atoms with Gasteiger partial charge < -0.3 is 11.1 Å². The summed E-state index contributed by atoms with van der Waals surface area (Å²) < 4.78 is 0. The summed E-state index contributed by atoms with van der Waals surface area (Å²) in [5, 5.41) is 4.63. The molecular weight excluding hydrogens is 367 g/mol. The molecule has 0 radical (unpaired) electrons. The number of anilines is 2. The van der Waals surface area contributed by atoms with Crippen LogP contribution >= 0.6 is 34.5 Å². The fourth-order valence-corrected chi connectivity index (χ4v) is 3.66. The summed E-state index contributed by atoms with van der Waals surface area (Å²) in [5.74, 6) is 0.378. The molecule has 3 N–H and O–H groups in total. The van der Waals surface area contributed by atoms with Crippen molar-refractivity contribution in [1.29, 1.82) is 0 Å². The Morgan fingerprint density at radius 2 is 2.04 bits per heavy atom. The molecule has 3 aromatic rings. The van der Waals surface area contributed by atoms with Gasteiger partial charge in [-0.15, -0.1) is 11.3 Å². The van der Waals surface area contributed by atoms with Gasteiger partial charge in [-0.2, -0.15) is 0 Å². The zero-order valence-corrected chi connectivity index (χ0v) is 15.3. The Balaban J connectivity index is 2.34. The molecule has 0 amide bonds. The molecule has 3 rings (SSSR count). The van der Waals surface area contributed by atoms with Crippen molar-refractivity contribution < 1.29 is 4.79 Å². The number of nitrogens with one attached hydrogen (secondary N) is 1. The summed E-state index contributed by atoms with van der Waals surface area (Å²) in [6, 6.07) is 5.25. The van der Waals surface area contributed by atoms with Crippen LogP contribution in [0.15, 0.2) is 18.2 Å². The quantitative estimate of drug-likeness (QED) is 0.630. The number of fused-ring (bicyclic) bond motifs is 1. The number of nitrogens with two attached hydrogens (primary N) is 1. The first-order valence-corrected chi connectivity index (χ1v) is 8.79. The lowest BCUT2D eigenvalue weighted by Crippen LogP contribution is -2.03. The Labute approximate surface area is 152 Å². The number of carbonyl (C=O) groups excluding carboxylic acids is 1. The topological polar surface area (TPSA) is 80.9 Å². The number of Topliss-reactive ketones (excluding diaryl/α,β-unsaturated/α-hetero) is 1. The predicted octanol–water partition coefficient (Wildman–Crippen LogP) is 4.88. The SMILES string of the molecule is CCNc1nc(-c2ccc(Cl)c(Cl)c2)c2c(N)c(C(C)=O)sc2n1. The highest BCUT2D eigenvalue weighted by Gasteiger charge is 2.20. The summed E-state index contributed by atoms with van der Waals surface area (Å²) in [6.07, 6.45) is 0. The van der Waals surface area contributed by atoms with Gasteiger partial charge in [-0.25, -0.2) is 9.97 Å². The molecule has 0 unspecified atom stereocenters. The van der Waals surface area contributed by atoms with E-state index in [1.165, 1.54) is 18.3 Å². The number of halogens is 2. The van der Waals surface area contributed by atoms with Crippen LogP contribution in [0.25, 0.3) is 21.5 Å². The summed E-state index contributed by atoms with van der Waals surface area (Å²) in [6.45, 7) is 4.11. The molecule has 5 nitrogen and oxygen atoms in total. The fraction of sp³-hybridized carbons (Fsp3) is 0.188. The van der Waals surface area contributed by atoms with Gasteiger partial charge in [0.25, 0.3) is 0 Å². The first kappa shape index (κ1) is 17.0. The highest BCUT2D eigenvalue weighted by molar-refractivity contribution is 7.21. The van der Waals surface area contributed by atoms with Gasteiger partial charge in [-0.1, -0.05) is 29.3 Å². The second-order valence-corrected chi connectivity index (χ2v) is 6.95. The molecule has 124 valence electrons. The van der Waals surface area contributed by atoms with E-state index in [-0.39, 0.29) is 5.78 Å². The molecule has 8 heteroatoms. The molecule has 2 heterocycles. The van der Waals surface area contributed by atoms with E-state index < -0.39 is 0 Å². The average Bonchev–Trinajstić information content (AvgIpc) is 2.87. The Kier molecular flexibility index (Phi) is 4.62. The first-order valence-electron chi connectivity index (χ1n) is 7.22. The third kappa shape index (κ3) is 2.92. The normalized spacial score (nSPS) is 11.0. The van der Waals surface area contributed by atoms with Crippen LogP contribution in [0.2, 0.25) is 10.0 Å². The Morgan fingerprint density at radius 1 is 1.29 bits per heavy atom. The molecule has 0 atom stereocenters. The highest BCUT2D eigenvalue weighted by Crippen LogP contribution is 2.40. The summed E-state index contributed by atoms with van der Waals surface area (Å²) in [7, 11) is 0. The lowest BCUT2D eigenvalue weighted by Gasteiger charge is -2.08. The molecule has 0 aliphatic carbocycles. The second-order valence-electron chi connectivity index (χ2n) is 5.14. The Morgan fingerprint density at radius 3 is 2.67 bits per heavy atom. The highest BCUT2D eigenvalue weighted by atomic mass is 35.5. The van der Waals surface area contributed by atoms with E-state index >= 15 is 0 Å². The van der Waals surface area contributed by atoms with Gasteiger partial charge in [-0.3, -0.25) is 4.79 Å². The lowest BCUT2D eigenvalue weighted by molar-refractivity contribution is 0.102. The number of ketones is 1.